The number of rotatable bonds is 3. The molecule has 0 aliphatic carbocycles. The summed E-state index contributed by atoms with van der Waals surface area (Å²) in [6.07, 6.45) is 1.21. The highest BCUT2D eigenvalue weighted by Gasteiger charge is 2.26. The number of carbonyl (C=O) groups is 1. The fourth-order valence-corrected chi connectivity index (χ4v) is 1.71. The highest BCUT2D eigenvalue weighted by Crippen LogP contribution is 2.13. The molecule has 0 spiro atoms. The minimum absolute atomic E-state index is 0.169. The Kier molecular flexibility index (Phi) is 4.35. The van der Waals surface area contributed by atoms with Gasteiger partial charge in [-0.05, 0) is 13.3 Å². The van der Waals surface area contributed by atoms with Crippen LogP contribution in [0.2, 0.25) is 0 Å². The van der Waals surface area contributed by atoms with E-state index in [4.69, 9.17) is 4.74 Å². The van der Waals surface area contributed by atoms with Gasteiger partial charge in [0.25, 0.3) is 0 Å². The highest BCUT2D eigenvalue weighted by molar-refractivity contribution is 5.71. The second-order valence-corrected chi connectivity index (χ2v) is 3.71. The monoisotopic (exact) mass is 201 g/mol. The molecule has 0 saturated carbocycles. The number of hydrogen-bond acceptors (Lipinski definition) is 4. The average Bonchev–Trinajstić information content (AvgIpc) is 2.18. The van der Waals surface area contributed by atoms with Gasteiger partial charge in [-0.3, -0.25) is 9.69 Å². The maximum absolute atomic E-state index is 11.1. The molecular weight excluding hydrogens is 182 g/mol. The molecule has 4 nitrogen and oxygen atoms in total. The third-order valence-electron chi connectivity index (χ3n) is 2.61. The molecule has 1 rings (SSSR count). The Morgan fingerprint density at radius 1 is 1.64 bits per heavy atom. The summed E-state index contributed by atoms with van der Waals surface area (Å²) in [5, 5.41) is 0. The summed E-state index contributed by atoms with van der Waals surface area (Å²) < 4.78 is 10.2. The van der Waals surface area contributed by atoms with Gasteiger partial charge in [0.1, 0.15) is 0 Å². The summed E-state index contributed by atoms with van der Waals surface area (Å²) in [6.45, 7) is 6.04. The molecule has 0 aromatic heterocycles. The van der Waals surface area contributed by atoms with Gasteiger partial charge in [-0.2, -0.15) is 0 Å². The largest absolute Gasteiger partial charge is 0.468 e. The fraction of sp³-hybridized carbons (Fsp3) is 0.900. The molecule has 1 aliphatic heterocycles. The van der Waals surface area contributed by atoms with E-state index in [0.29, 0.717) is 19.2 Å². The summed E-state index contributed by atoms with van der Waals surface area (Å²) >= 11 is 0. The van der Waals surface area contributed by atoms with Gasteiger partial charge in [-0.1, -0.05) is 6.92 Å². The van der Waals surface area contributed by atoms with Gasteiger partial charge in [0, 0.05) is 12.6 Å². The van der Waals surface area contributed by atoms with Gasteiger partial charge in [0.2, 0.25) is 0 Å². The van der Waals surface area contributed by atoms with Crippen LogP contribution in [0.1, 0.15) is 20.3 Å². The zero-order chi connectivity index (χ0) is 10.6. The van der Waals surface area contributed by atoms with Crippen LogP contribution >= 0.6 is 0 Å². The normalized spacial score (nSPS) is 28.8. The molecule has 0 unspecified atom stereocenters. The molecule has 0 amide bonds. The third kappa shape index (κ3) is 2.96. The first kappa shape index (κ1) is 11.5. The number of methoxy groups -OCH3 is 1. The molecule has 0 N–H and O–H groups in total. The molecule has 0 radical (unpaired) electrons. The topological polar surface area (TPSA) is 38.8 Å². The van der Waals surface area contributed by atoms with Crippen molar-refractivity contribution in [1.29, 1.82) is 0 Å². The minimum Gasteiger partial charge on any atom is -0.468 e. The Balaban J connectivity index is 2.48. The summed E-state index contributed by atoms with van der Waals surface area (Å²) in [4.78, 5) is 13.3. The quantitative estimate of drug-likeness (QED) is 0.629. The molecule has 0 aromatic carbocycles. The van der Waals surface area contributed by atoms with Crippen molar-refractivity contribution in [3.63, 3.8) is 0 Å². The van der Waals surface area contributed by atoms with Crippen LogP contribution in [0.4, 0.5) is 0 Å². The zero-order valence-corrected chi connectivity index (χ0v) is 9.16. The summed E-state index contributed by atoms with van der Waals surface area (Å²) in [5.41, 5.74) is 0. The average molecular weight is 201 g/mol. The van der Waals surface area contributed by atoms with Crippen LogP contribution in [-0.4, -0.2) is 49.8 Å². The second kappa shape index (κ2) is 5.32. The van der Waals surface area contributed by atoms with Crippen LogP contribution in [0.3, 0.4) is 0 Å². The van der Waals surface area contributed by atoms with Gasteiger partial charge in [-0.25, -0.2) is 0 Å². The van der Waals surface area contributed by atoms with Crippen molar-refractivity contribution >= 4 is 5.97 Å². The molecule has 1 saturated heterocycles. The van der Waals surface area contributed by atoms with Crippen molar-refractivity contribution in [3.8, 4) is 0 Å². The van der Waals surface area contributed by atoms with Crippen LogP contribution in [0, 0.1) is 0 Å². The van der Waals surface area contributed by atoms with Crippen molar-refractivity contribution in [2.24, 2.45) is 0 Å². The van der Waals surface area contributed by atoms with E-state index in [1.165, 1.54) is 7.11 Å². The predicted octanol–water partition coefficient (Wildman–Crippen LogP) is 0.659. The van der Waals surface area contributed by atoms with Crippen molar-refractivity contribution in [3.05, 3.63) is 0 Å². The third-order valence-corrected chi connectivity index (χ3v) is 2.61. The first-order valence-electron chi connectivity index (χ1n) is 5.09. The molecular formula is C10H19NO3. The van der Waals surface area contributed by atoms with Crippen LogP contribution in [0.25, 0.3) is 0 Å². The standard InChI is InChI=1S/C10H19NO3/c1-4-9-7-14-8(2)5-11(9)6-10(12)13-3/h8-9H,4-7H2,1-3H3/t8-,9+/m1/s1. The van der Waals surface area contributed by atoms with Gasteiger partial charge >= 0.3 is 5.97 Å². The predicted molar refractivity (Wildman–Crippen MR) is 53.1 cm³/mol. The fourth-order valence-electron chi connectivity index (χ4n) is 1.71. The maximum atomic E-state index is 11.1. The van der Waals surface area contributed by atoms with Gasteiger partial charge in [0.15, 0.2) is 0 Å². The minimum atomic E-state index is -0.169. The number of ether oxygens (including phenoxy) is 2. The Bertz CT molecular complexity index is 196. The highest BCUT2D eigenvalue weighted by atomic mass is 16.5. The molecule has 1 fully saturated rings. The lowest BCUT2D eigenvalue weighted by molar-refractivity contribution is -0.145. The van der Waals surface area contributed by atoms with Crippen LogP contribution in [0.5, 0.6) is 0 Å². The lowest BCUT2D eigenvalue weighted by Gasteiger charge is -2.37. The van der Waals surface area contributed by atoms with Crippen molar-refractivity contribution in [2.75, 3.05) is 26.8 Å². The maximum Gasteiger partial charge on any atom is 0.319 e. The number of morpholine rings is 1. The van der Waals surface area contributed by atoms with E-state index in [-0.39, 0.29) is 12.1 Å². The lowest BCUT2D eigenvalue weighted by atomic mass is 10.1. The lowest BCUT2D eigenvalue weighted by Crippen LogP contribution is -2.50. The van der Waals surface area contributed by atoms with E-state index in [2.05, 4.69) is 16.6 Å². The molecule has 2 atom stereocenters. The zero-order valence-electron chi connectivity index (χ0n) is 9.16. The van der Waals surface area contributed by atoms with E-state index in [1.54, 1.807) is 0 Å². The number of nitrogens with zero attached hydrogens (tertiary/aromatic N) is 1. The molecule has 1 aliphatic rings. The summed E-state index contributed by atoms with van der Waals surface area (Å²) in [5.74, 6) is -0.169. The summed E-state index contributed by atoms with van der Waals surface area (Å²) in [6, 6.07) is 0.352. The van der Waals surface area contributed by atoms with Crippen LogP contribution in [0.15, 0.2) is 0 Å². The van der Waals surface area contributed by atoms with Crippen LogP contribution in [-0.2, 0) is 14.3 Å². The van der Waals surface area contributed by atoms with E-state index in [0.717, 1.165) is 13.0 Å². The van der Waals surface area contributed by atoms with E-state index >= 15 is 0 Å². The second-order valence-electron chi connectivity index (χ2n) is 3.71. The first-order valence-corrected chi connectivity index (χ1v) is 5.09. The molecule has 1 heterocycles. The summed E-state index contributed by atoms with van der Waals surface area (Å²) in [7, 11) is 1.42. The number of esters is 1. The Labute approximate surface area is 85.2 Å². The first-order chi connectivity index (χ1) is 6.67. The Hall–Kier alpha value is -0.610. The van der Waals surface area contributed by atoms with Crippen molar-refractivity contribution in [2.45, 2.75) is 32.4 Å². The molecule has 82 valence electrons. The van der Waals surface area contributed by atoms with E-state index in [9.17, 15) is 4.79 Å². The van der Waals surface area contributed by atoms with E-state index in [1.807, 2.05) is 6.92 Å². The van der Waals surface area contributed by atoms with E-state index < -0.39 is 0 Å². The Morgan fingerprint density at radius 3 is 2.93 bits per heavy atom. The van der Waals surface area contributed by atoms with Gasteiger partial charge < -0.3 is 9.47 Å². The Morgan fingerprint density at radius 2 is 2.36 bits per heavy atom. The molecule has 0 aromatic rings. The number of carbonyl (C=O) groups excluding carboxylic acids is 1. The van der Waals surface area contributed by atoms with Gasteiger partial charge in [0.05, 0.1) is 26.4 Å². The molecule has 0 bridgehead atoms. The number of hydrogen-bond donors (Lipinski definition) is 0. The van der Waals surface area contributed by atoms with Gasteiger partial charge in [-0.15, -0.1) is 0 Å². The van der Waals surface area contributed by atoms with Crippen LogP contribution < -0.4 is 0 Å². The molecule has 4 heteroatoms. The molecule has 14 heavy (non-hydrogen) atoms. The SMILES string of the molecule is CC[C@H]1CO[C@H](C)CN1CC(=O)OC. The van der Waals surface area contributed by atoms with Crippen molar-refractivity contribution in [1.82, 2.24) is 4.90 Å². The van der Waals surface area contributed by atoms with Crippen molar-refractivity contribution < 1.29 is 14.3 Å². The smallest absolute Gasteiger partial charge is 0.319 e.